The van der Waals surface area contributed by atoms with E-state index in [0.29, 0.717) is 0 Å². The van der Waals surface area contributed by atoms with Gasteiger partial charge in [-0.3, -0.25) is 9.20 Å². The Kier molecular flexibility index (Phi) is 3.34. The van der Waals surface area contributed by atoms with E-state index < -0.39 is 0 Å². The molecular weight excluding hydrogens is 284 g/mol. The molecule has 0 radical (unpaired) electrons. The summed E-state index contributed by atoms with van der Waals surface area (Å²) in [6.45, 7) is 2.02. The van der Waals surface area contributed by atoms with Gasteiger partial charge in [0.15, 0.2) is 0 Å². The molecule has 3 heteroatoms. The van der Waals surface area contributed by atoms with Gasteiger partial charge in [0, 0.05) is 11.8 Å². The second kappa shape index (κ2) is 5.51. The normalized spacial score (nSPS) is 15.8. The first-order chi connectivity index (χ1) is 11.2. The van der Waals surface area contributed by atoms with Gasteiger partial charge in [-0.2, -0.15) is 0 Å². The third-order valence-electron chi connectivity index (χ3n) is 4.40. The zero-order chi connectivity index (χ0) is 15.8. The topological polar surface area (TPSA) is 34.4 Å². The third kappa shape index (κ3) is 2.48. The molecule has 0 atom stereocenters. The number of aromatic nitrogens is 2. The van der Waals surface area contributed by atoms with Crippen molar-refractivity contribution in [3.05, 3.63) is 81.4 Å². The van der Waals surface area contributed by atoms with Crippen molar-refractivity contribution in [1.29, 1.82) is 0 Å². The van der Waals surface area contributed by atoms with E-state index in [1.54, 1.807) is 4.40 Å². The van der Waals surface area contributed by atoms with Crippen LogP contribution in [0.1, 0.15) is 35.2 Å². The molecule has 0 fully saturated rings. The second-order valence-corrected chi connectivity index (χ2v) is 6.11. The lowest BCUT2D eigenvalue weighted by Gasteiger charge is -2.18. The second-order valence-electron chi connectivity index (χ2n) is 6.11. The number of hydrogen-bond acceptors (Lipinski definition) is 2. The van der Waals surface area contributed by atoms with Gasteiger partial charge in [0.05, 0.1) is 5.69 Å². The van der Waals surface area contributed by atoms with Gasteiger partial charge in [0.2, 0.25) is 0 Å². The summed E-state index contributed by atoms with van der Waals surface area (Å²) in [7, 11) is 0. The first kappa shape index (κ1) is 13.9. The molecule has 2 heterocycles. The predicted molar refractivity (Wildman–Crippen MR) is 93.5 cm³/mol. The van der Waals surface area contributed by atoms with E-state index in [1.165, 1.54) is 5.57 Å². The Labute approximate surface area is 134 Å². The van der Waals surface area contributed by atoms with Crippen LogP contribution in [-0.2, 0) is 6.42 Å². The molecule has 1 aliphatic carbocycles. The fourth-order valence-corrected chi connectivity index (χ4v) is 3.23. The van der Waals surface area contributed by atoms with Crippen LogP contribution in [-0.4, -0.2) is 9.38 Å². The Morgan fingerprint density at radius 1 is 1.13 bits per heavy atom. The summed E-state index contributed by atoms with van der Waals surface area (Å²) in [5.74, 6) is 0. The molecule has 1 aromatic carbocycles. The largest absolute Gasteiger partial charge is 0.269 e. The summed E-state index contributed by atoms with van der Waals surface area (Å²) in [6.07, 6.45) is 6.77. The van der Waals surface area contributed by atoms with E-state index in [-0.39, 0.29) is 5.56 Å². The third-order valence-corrected chi connectivity index (χ3v) is 4.40. The van der Waals surface area contributed by atoms with E-state index in [2.05, 4.69) is 18.2 Å². The van der Waals surface area contributed by atoms with Gasteiger partial charge >= 0.3 is 0 Å². The highest BCUT2D eigenvalue weighted by Crippen LogP contribution is 2.29. The fourth-order valence-electron chi connectivity index (χ4n) is 3.23. The number of rotatable bonds is 1. The van der Waals surface area contributed by atoms with Crippen LogP contribution in [0.5, 0.6) is 0 Å². The van der Waals surface area contributed by atoms with Gasteiger partial charge in [0.1, 0.15) is 5.65 Å². The number of nitrogens with zero attached hydrogens (tertiary/aromatic N) is 2. The minimum atomic E-state index is 0.0728. The summed E-state index contributed by atoms with van der Waals surface area (Å²) in [5.41, 5.74) is 5.97. The summed E-state index contributed by atoms with van der Waals surface area (Å²) < 4.78 is 1.66. The van der Waals surface area contributed by atoms with Crippen LogP contribution in [0.2, 0.25) is 0 Å². The highest BCUT2D eigenvalue weighted by molar-refractivity contribution is 5.82. The van der Waals surface area contributed by atoms with E-state index in [0.717, 1.165) is 47.3 Å². The average Bonchev–Trinajstić information content (AvgIpc) is 2.56. The molecule has 4 rings (SSSR count). The Morgan fingerprint density at radius 2 is 1.96 bits per heavy atom. The summed E-state index contributed by atoms with van der Waals surface area (Å²) in [4.78, 5) is 17.6. The Balaban J connectivity index is 1.95. The van der Waals surface area contributed by atoms with Crippen LogP contribution in [0.3, 0.4) is 0 Å². The van der Waals surface area contributed by atoms with E-state index in [9.17, 15) is 4.79 Å². The van der Waals surface area contributed by atoms with Gasteiger partial charge in [-0.15, -0.1) is 0 Å². The molecule has 0 bridgehead atoms. The lowest BCUT2D eigenvalue weighted by atomic mass is 9.91. The SMILES string of the molecule is Cc1ccn2c(=O)c3c(nc2c1)C(=Cc1ccccc1)CCC3. The van der Waals surface area contributed by atoms with Crippen molar-refractivity contribution in [2.75, 3.05) is 0 Å². The first-order valence-corrected chi connectivity index (χ1v) is 8.00. The van der Waals surface area contributed by atoms with Gasteiger partial charge in [-0.1, -0.05) is 30.3 Å². The maximum Gasteiger partial charge on any atom is 0.261 e. The van der Waals surface area contributed by atoms with Crippen LogP contribution in [0.15, 0.2) is 53.5 Å². The van der Waals surface area contributed by atoms with E-state index in [4.69, 9.17) is 4.98 Å². The van der Waals surface area contributed by atoms with E-state index in [1.807, 2.05) is 43.5 Å². The molecule has 0 amide bonds. The lowest BCUT2D eigenvalue weighted by molar-refractivity contribution is 0.787. The van der Waals surface area contributed by atoms with Crippen molar-refractivity contribution < 1.29 is 0 Å². The number of aryl methyl sites for hydroxylation is 1. The molecule has 0 saturated heterocycles. The highest BCUT2D eigenvalue weighted by Gasteiger charge is 2.20. The lowest BCUT2D eigenvalue weighted by Crippen LogP contribution is -2.24. The van der Waals surface area contributed by atoms with Gasteiger partial charge in [-0.05, 0) is 61.1 Å². The van der Waals surface area contributed by atoms with Crippen molar-refractivity contribution in [1.82, 2.24) is 9.38 Å². The summed E-state index contributed by atoms with van der Waals surface area (Å²) >= 11 is 0. The number of fused-ring (bicyclic) bond motifs is 2. The molecule has 1 aliphatic rings. The molecule has 3 aromatic rings. The Bertz CT molecular complexity index is 968. The van der Waals surface area contributed by atoms with Crippen molar-refractivity contribution >= 4 is 17.3 Å². The molecule has 23 heavy (non-hydrogen) atoms. The molecule has 114 valence electrons. The molecular formula is C20H18N2O. The van der Waals surface area contributed by atoms with Crippen molar-refractivity contribution in [3.8, 4) is 0 Å². The molecule has 0 spiro atoms. The predicted octanol–water partition coefficient (Wildman–Crippen LogP) is 3.88. The monoisotopic (exact) mass is 302 g/mol. The Hall–Kier alpha value is -2.68. The number of hydrogen-bond donors (Lipinski definition) is 0. The molecule has 0 saturated carbocycles. The van der Waals surface area contributed by atoms with Gasteiger partial charge in [0.25, 0.3) is 5.56 Å². The standard InChI is InChI=1S/C20H18N2O/c1-14-10-11-22-18(12-14)21-19-16(8-5-9-17(19)20(22)23)13-15-6-3-2-4-7-15/h2-4,6-7,10-13H,5,8-9H2,1H3. The van der Waals surface area contributed by atoms with Crippen molar-refractivity contribution in [2.45, 2.75) is 26.2 Å². The quantitative estimate of drug-likeness (QED) is 0.683. The maximum absolute atomic E-state index is 12.8. The molecule has 0 unspecified atom stereocenters. The zero-order valence-electron chi connectivity index (χ0n) is 13.1. The van der Waals surface area contributed by atoms with Crippen LogP contribution in [0.4, 0.5) is 0 Å². The van der Waals surface area contributed by atoms with Crippen LogP contribution in [0.25, 0.3) is 17.3 Å². The van der Waals surface area contributed by atoms with Crippen LogP contribution in [0, 0.1) is 6.92 Å². The molecule has 0 N–H and O–H groups in total. The van der Waals surface area contributed by atoms with Crippen LogP contribution >= 0.6 is 0 Å². The van der Waals surface area contributed by atoms with Crippen LogP contribution < -0.4 is 5.56 Å². The fraction of sp³-hybridized carbons (Fsp3) is 0.200. The maximum atomic E-state index is 12.8. The minimum Gasteiger partial charge on any atom is -0.269 e. The molecule has 2 aromatic heterocycles. The number of allylic oxidation sites excluding steroid dienone is 1. The summed E-state index contributed by atoms with van der Waals surface area (Å²) in [5, 5.41) is 0. The van der Waals surface area contributed by atoms with E-state index >= 15 is 0 Å². The highest BCUT2D eigenvalue weighted by atomic mass is 16.1. The van der Waals surface area contributed by atoms with Gasteiger partial charge < -0.3 is 0 Å². The van der Waals surface area contributed by atoms with Crippen molar-refractivity contribution in [3.63, 3.8) is 0 Å². The molecule has 0 aliphatic heterocycles. The first-order valence-electron chi connectivity index (χ1n) is 8.00. The number of pyridine rings is 1. The zero-order valence-corrected chi connectivity index (χ0v) is 13.1. The minimum absolute atomic E-state index is 0.0728. The van der Waals surface area contributed by atoms with Crippen molar-refractivity contribution in [2.24, 2.45) is 0 Å². The smallest absolute Gasteiger partial charge is 0.261 e. The van der Waals surface area contributed by atoms with Gasteiger partial charge in [-0.25, -0.2) is 4.98 Å². The number of benzene rings is 1. The summed E-state index contributed by atoms with van der Waals surface area (Å²) in [6, 6.07) is 14.2. The average molecular weight is 302 g/mol. The Morgan fingerprint density at radius 3 is 2.78 bits per heavy atom. The molecule has 3 nitrogen and oxygen atoms in total.